The molecule has 0 N–H and O–H groups in total. The molecule has 5 rings (SSSR count). The van der Waals surface area contributed by atoms with Crippen LogP contribution in [0.15, 0.2) is 67.4 Å². The Balaban J connectivity index is 1.33. The van der Waals surface area contributed by atoms with Crippen molar-refractivity contribution in [2.24, 2.45) is 7.05 Å². The summed E-state index contributed by atoms with van der Waals surface area (Å²) in [6.45, 7) is 0.651. The number of carbonyl (C=O) groups excluding carboxylic acids is 1. The summed E-state index contributed by atoms with van der Waals surface area (Å²) in [5, 5.41) is 4.80. The highest BCUT2D eigenvalue weighted by molar-refractivity contribution is 6.30. The van der Waals surface area contributed by atoms with Crippen molar-refractivity contribution in [1.29, 1.82) is 0 Å². The first-order valence-corrected chi connectivity index (χ1v) is 11.0. The molecule has 8 nitrogen and oxygen atoms in total. The van der Waals surface area contributed by atoms with Crippen molar-refractivity contribution in [1.82, 2.24) is 29.6 Å². The van der Waals surface area contributed by atoms with Gasteiger partial charge in [0.05, 0.1) is 41.6 Å². The maximum Gasteiger partial charge on any atom is 0.255 e. The van der Waals surface area contributed by atoms with E-state index in [4.69, 9.17) is 16.3 Å². The number of likely N-dealkylation sites (tertiary alicyclic amines) is 1. The Morgan fingerprint density at radius 1 is 1.09 bits per heavy atom. The van der Waals surface area contributed by atoms with Gasteiger partial charge in [-0.3, -0.25) is 19.4 Å². The molecule has 1 amide bonds. The second-order valence-electron chi connectivity index (χ2n) is 7.83. The van der Waals surface area contributed by atoms with Crippen molar-refractivity contribution < 1.29 is 9.53 Å². The first-order valence-electron chi connectivity index (χ1n) is 10.6. The average Bonchev–Trinajstić information content (AvgIpc) is 3.50. The number of ether oxygens (including phenoxy) is 1. The van der Waals surface area contributed by atoms with Crippen molar-refractivity contribution in [3.63, 3.8) is 0 Å². The van der Waals surface area contributed by atoms with Crippen LogP contribution in [0.3, 0.4) is 0 Å². The van der Waals surface area contributed by atoms with Crippen LogP contribution in [0.2, 0.25) is 5.02 Å². The van der Waals surface area contributed by atoms with Crippen LogP contribution in [0.5, 0.6) is 11.6 Å². The van der Waals surface area contributed by atoms with E-state index in [0.717, 1.165) is 24.1 Å². The molecule has 9 heteroatoms. The van der Waals surface area contributed by atoms with Gasteiger partial charge >= 0.3 is 0 Å². The first kappa shape index (κ1) is 21.1. The van der Waals surface area contributed by atoms with Crippen molar-refractivity contribution in [2.45, 2.75) is 18.9 Å². The Morgan fingerprint density at radius 2 is 1.94 bits per heavy atom. The number of benzene rings is 1. The van der Waals surface area contributed by atoms with E-state index >= 15 is 0 Å². The molecule has 0 radical (unpaired) electrons. The van der Waals surface area contributed by atoms with Crippen molar-refractivity contribution in [3.05, 3.63) is 83.7 Å². The zero-order valence-electron chi connectivity index (χ0n) is 17.9. The van der Waals surface area contributed by atoms with Gasteiger partial charge in [-0.25, -0.2) is 4.98 Å². The van der Waals surface area contributed by atoms with E-state index in [1.54, 1.807) is 59.8 Å². The summed E-state index contributed by atoms with van der Waals surface area (Å²) in [7, 11) is 1.85. The summed E-state index contributed by atoms with van der Waals surface area (Å²) in [5.41, 5.74) is 2.92. The molecule has 1 fully saturated rings. The van der Waals surface area contributed by atoms with Gasteiger partial charge < -0.3 is 9.64 Å². The average molecular weight is 461 g/mol. The molecular formula is C24H21ClN6O2. The highest BCUT2D eigenvalue weighted by Gasteiger charge is 2.32. The number of rotatable bonds is 5. The fourth-order valence-corrected chi connectivity index (χ4v) is 4.05. The lowest BCUT2D eigenvalue weighted by Crippen LogP contribution is -2.31. The van der Waals surface area contributed by atoms with Gasteiger partial charge in [-0.1, -0.05) is 11.6 Å². The van der Waals surface area contributed by atoms with Crippen LogP contribution in [-0.2, 0) is 7.05 Å². The molecule has 1 atom stereocenters. The lowest BCUT2D eigenvalue weighted by Gasteiger charge is -2.24. The van der Waals surface area contributed by atoms with Crippen molar-refractivity contribution in [3.8, 4) is 22.9 Å². The molecule has 166 valence electrons. The minimum Gasteiger partial charge on any atom is -0.437 e. The van der Waals surface area contributed by atoms with E-state index in [1.807, 2.05) is 24.2 Å². The number of halogens is 1. The summed E-state index contributed by atoms with van der Waals surface area (Å²) in [6, 6.07) is 10.5. The van der Waals surface area contributed by atoms with Crippen LogP contribution in [0, 0.1) is 0 Å². The standard InChI is InChI=1S/C24H21ClN6O2/c1-30-15-17(12-28-30)20-9-4-16(11-27-20)24(32)31-10-2-3-22(31)21-13-26-14-23(29-21)33-19-7-5-18(25)6-8-19/h4-9,11-15,22H,2-3,10H2,1H3/t22-/m0/s1. The molecule has 33 heavy (non-hydrogen) atoms. The summed E-state index contributed by atoms with van der Waals surface area (Å²) in [5.74, 6) is 0.912. The summed E-state index contributed by atoms with van der Waals surface area (Å²) in [4.78, 5) is 28.5. The monoisotopic (exact) mass is 460 g/mol. The molecule has 1 aliphatic heterocycles. The van der Waals surface area contributed by atoms with Gasteiger partial charge in [-0.15, -0.1) is 0 Å². The predicted molar refractivity (Wildman–Crippen MR) is 123 cm³/mol. The Bertz CT molecular complexity index is 1270. The van der Waals surface area contributed by atoms with Gasteiger partial charge in [0, 0.05) is 36.6 Å². The molecule has 0 spiro atoms. The molecule has 3 aromatic heterocycles. The summed E-state index contributed by atoms with van der Waals surface area (Å²) >= 11 is 5.93. The third-order valence-corrected chi connectivity index (χ3v) is 5.79. The van der Waals surface area contributed by atoms with Crippen LogP contribution < -0.4 is 4.74 Å². The van der Waals surface area contributed by atoms with Crippen LogP contribution in [0.4, 0.5) is 0 Å². The maximum absolute atomic E-state index is 13.3. The molecular weight excluding hydrogens is 440 g/mol. The third-order valence-electron chi connectivity index (χ3n) is 5.53. The Labute approximate surface area is 195 Å². The fourth-order valence-electron chi connectivity index (χ4n) is 3.92. The van der Waals surface area contributed by atoms with Crippen LogP contribution in [0.25, 0.3) is 11.3 Å². The lowest BCUT2D eigenvalue weighted by atomic mass is 10.1. The van der Waals surface area contributed by atoms with Crippen LogP contribution in [0.1, 0.15) is 34.9 Å². The number of aryl methyl sites for hydroxylation is 1. The topological polar surface area (TPSA) is 86.0 Å². The van der Waals surface area contributed by atoms with E-state index in [9.17, 15) is 4.79 Å². The van der Waals surface area contributed by atoms with Gasteiger partial charge in [0.1, 0.15) is 5.75 Å². The first-order chi connectivity index (χ1) is 16.1. The zero-order chi connectivity index (χ0) is 22.8. The van der Waals surface area contributed by atoms with Gasteiger partial charge in [0.2, 0.25) is 5.88 Å². The minimum atomic E-state index is -0.170. The Morgan fingerprint density at radius 3 is 2.67 bits per heavy atom. The summed E-state index contributed by atoms with van der Waals surface area (Å²) in [6.07, 6.45) is 10.2. The SMILES string of the molecule is Cn1cc(-c2ccc(C(=O)N3CCC[C@H]3c3cncc(Oc4ccc(Cl)cc4)n3)cn2)cn1. The van der Waals surface area contributed by atoms with E-state index in [2.05, 4.69) is 20.1 Å². The Kier molecular flexibility index (Phi) is 5.75. The molecule has 4 aromatic rings. The molecule has 4 heterocycles. The van der Waals surface area contributed by atoms with Gasteiger partial charge in [-0.05, 0) is 49.2 Å². The molecule has 0 bridgehead atoms. The number of hydrogen-bond acceptors (Lipinski definition) is 6. The van der Waals surface area contributed by atoms with E-state index in [-0.39, 0.29) is 11.9 Å². The normalized spacial score (nSPS) is 15.6. The Hall–Kier alpha value is -3.78. The predicted octanol–water partition coefficient (Wildman–Crippen LogP) is 4.70. The zero-order valence-corrected chi connectivity index (χ0v) is 18.7. The van der Waals surface area contributed by atoms with Crippen LogP contribution >= 0.6 is 11.6 Å². The number of aromatic nitrogens is 5. The van der Waals surface area contributed by atoms with Gasteiger partial charge in [0.25, 0.3) is 5.91 Å². The lowest BCUT2D eigenvalue weighted by molar-refractivity contribution is 0.0732. The van der Waals surface area contributed by atoms with E-state index < -0.39 is 0 Å². The van der Waals surface area contributed by atoms with Crippen molar-refractivity contribution >= 4 is 17.5 Å². The third kappa shape index (κ3) is 4.56. The number of hydrogen-bond donors (Lipinski definition) is 0. The highest BCUT2D eigenvalue weighted by atomic mass is 35.5. The molecule has 1 saturated heterocycles. The smallest absolute Gasteiger partial charge is 0.255 e. The minimum absolute atomic E-state index is 0.0754. The van der Waals surface area contributed by atoms with Crippen molar-refractivity contribution in [2.75, 3.05) is 6.54 Å². The number of pyridine rings is 1. The van der Waals surface area contributed by atoms with E-state index in [1.165, 1.54) is 0 Å². The molecule has 1 aromatic carbocycles. The number of nitrogens with zero attached hydrogens (tertiary/aromatic N) is 6. The number of carbonyl (C=O) groups is 1. The molecule has 1 aliphatic rings. The quantitative estimate of drug-likeness (QED) is 0.429. The largest absolute Gasteiger partial charge is 0.437 e. The van der Waals surface area contributed by atoms with Gasteiger partial charge in [-0.2, -0.15) is 5.10 Å². The maximum atomic E-state index is 13.3. The second-order valence-corrected chi connectivity index (χ2v) is 8.27. The molecule has 0 aliphatic carbocycles. The van der Waals surface area contributed by atoms with E-state index in [0.29, 0.717) is 34.5 Å². The number of amides is 1. The van der Waals surface area contributed by atoms with Gasteiger partial charge in [0.15, 0.2) is 0 Å². The second kappa shape index (κ2) is 8.99. The molecule has 0 unspecified atom stereocenters. The molecule has 0 saturated carbocycles. The van der Waals surface area contributed by atoms with Crippen LogP contribution in [-0.4, -0.2) is 42.1 Å². The highest BCUT2D eigenvalue weighted by Crippen LogP contribution is 2.33. The fraction of sp³-hybridized carbons (Fsp3) is 0.208. The summed E-state index contributed by atoms with van der Waals surface area (Å²) < 4.78 is 7.54.